The van der Waals surface area contributed by atoms with Crippen LogP contribution in [0.2, 0.25) is 0 Å². The molecule has 1 N–H and O–H groups in total. The third-order valence-corrected chi connectivity index (χ3v) is 3.48. The van der Waals surface area contributed by atoms with Crippen LogP contribution in [0, 0.1) is 0 Å². The number of nitrogens with zero attached hydrogens (tertiary/aromatic N) is 2. The maximum atomic E-state index is 4.41. The van der Waals surface area contributed by atoms with Crippen LogP contribution in [0.1, 0.15) is 42.4 Å². The summed E-state index contributed by atoms with van der Waals surface area (Å²) < 4.78 is 2.09. The molecule has 0 bridgehead atoms. The Bertz CT molecular complexity index is 332. The minimum absolute atomic E-state index is 0.707. The van der Waals surface area contributed by atoms with Crippen LogP contribution >= 0.6 is 0 Å². The third kappa shape index (κ3) is 1.27. The molecule has 3 rings (SSSR count). The van der Waals surface area contributed by atoms with Gasteiger partial charge in [0.1, 0.15) is 0 Å². The van der Waals surface area contributed by atoms with Gasteiger partial charge in [-0.15, -0.1) is 0 Å². The van der Waals surface area contributed by atoms with E-state index in [2.05, 4.69) is 28.3 Å². The Kier molecular flexibility index (Phi) is 1.87. The minimum atomic E-state index is 0.707. The molecular formula is C11H17N3. The molecule has 0 spiro atoms. The van der Waals surface area contributed by atoms with Crippen molar-refractivity contribution in [1.29, 1.82) is 0 Å². The van der Waals surface area contributed by atoms with Crippen LogP contribution < -0.4 is 5.32 Å². The van der Waals surface area contributed by atoms with Gasteiger partial charge in [-0.25, -0.2) is 0 Å². The Hall–Kier alpha value is -0.830. The van der Waals surface area contributed by atoms with Gasteiger partial charge in [0.05, 0.1) is 6.20 Å². The van der Waals surface area contributed by atoms with E-state index in [1.54, 1.807) is 0 Å². The minimum Gasteiger partial charge on any atom is -0.316 e. The summed E-state index contributed by atoms with van der Waals surface area (Å²) in [5.74, 6) is 1.54. The average Bonchev–Trinajstić information content (AvgIpc) is 2.75. The lowest BCUT2D eigenvalue weighted by Crippen LogP contribution is -2.12. The van der Waals surface area contributed by atoms with Gasteiger partial charge in [-0.1, -0.05) is 0 Å². The summed E-state index contributed by atoms with van der Waals surface area (Å²) in [5.41, 5.74) is 3.03. The smallest absolute Gasteiger partial charge is 0.0527 e. The molecule has 0 radical (unpaired) electrons. The van der Waals surface area contributed by atoms with Crippen molar-refractivity contribution in [2.75, 3.05) is 13.1 Å². The molecule has 0 amide bonds. The van der Waals surface area contributed by atoms with Gasteiger partial charge in [0.2, 0.25) is 0 Å². The molecule has 1 aliphatic carbocycles. The zero-order chi connectivity index (χ0) is 9.54. The molecule has 1 saturated heterocycles. The van der Waals surface area contributed by atoms with E-state index in [-0.39, 0.29) is 0 Å². The molecule has 14 heavy (non-hydrogen) atoms. The van der Waals surface area contributed by atoms with Gasteiger partial charge in [0.25, 0.3) is 0 Å². The number of aryl methyl sites for hydroxylation is 1. The highest BCUT2D eigenvalue weighted by Crippen LogP contribution is 2.43. The number of rotatable bonds is 2. The zero-order valence-corrected chi connectivity index (χ0v) is 8.66. The summed E-state index contributed by atoms with van der Waals surface area (Å²) in [6.07, 6.45) is 6.11. The van der Waals surface area contributed by atoms with E-state index in [0.717, 1.165) is 12.5 Å². The van der Waals surface area contributed by atoms with E-state index in [0.29, 0.717) is 5.92 Å². The first-order chi connectivity index (χ1) is 6.86. The van der Waals surface area contributed by atoms with Gasteiger partial charge in [-0.3, -0.25) is 4.68 Å². The van der Waals surface area contributed by atoms with Gasteiger partial charge in [0, 0.05) is 25.2 Å². The predicted molar refractivity (Wildman–Crippen MR) is 55.4 cm³/mol. The molecule has 1 atom stereocenters. The van der Waals surface area contributed by atoms with Crippen LogP contribution in [-0.2, 0) is 7.05 Å². The monoisotopic (exact) mass is 191 g/mol. The van der Waals surface area contributed by atoms with Gasteiger partial charge in [0.15, 0.2) is 0 Å². The highest BCUT2D eigenvalue weighted by molar-refractivity contribution is 5.30. The van der Waals surface area contributed by atoms with Gasteiger partial charge >= 0.3 is 0 Å². The SMILES string of the molecule is Cn1ncc(C2CC2)c1C1CCNC1. The second kappa shape index (κ2) is 3.09. The van der Waals surface area contributed by atoms with Crippen LogP contribution in [0.15, 0.2) is 6.20 Å². The molecule has 1 saturated carbocycles. The molecule has 1 aromatic rings. The Morgan fingerprint density at radius 2 is 2.21 bits per heavy atom. The van der Waals surface area contributed by atoms with E-state index in [9.17, 15) is 0 Å². The van der Waals surface area contributed by atoms with Crippen molar-refractivity contribution >= 4 is 0 Å². The highest BCUT2D eigenvalue weighted by atomic mass is 15.3. The number of nitrogens with one attached hydrogen (secondary N) is 1. The van der Waals surface area contributed by atoms with Crippen LogP contribution in [-0.4, -0.2) is 22.9 Å². The maximum Gasteiger partial charge on any atom is 0.0527 e. The van der Waals surface area contributed by atoms with Gasteiger partial charge in [-0.05, 0) is 37.3 Å². The fourth-order valence-electron chi connectivity index (χ4n) is 2.56. The first-order valence-electron chi connectivity index (χ1n) is 5.59. The number of aromatic nitrogens is 2. The maximum absolute atomic E-state index is 4.41. The molecule has 76 valence electrons. The fourth-order valence-corrected chi connectivity index (χ4v) is 2.56. The first kappa shape index (κ1) is 8.48. The van der Waals surface area contributed by atoms with Gasteiger partial charge in [-0.2, -0.15) is 5.10 Å². The number of hydrogen-bond donors (Lipinski definition) is 1. The van der Waals surface area contributed by atoms with Crippen molar-refractivity contribution in [3.63, 3.8) is 0 Å². The van der Waals surface area contributed by atoms with E-state index in [1.165, 1.54) is 37.1 Å². The molecule has 2 aliphatic rings. The topological polar surface area (TPSA) is 29.9 Å². The van der Waals surface area contributed by atoms with E-state index in [4.69, 9.17) is 0 Å². The van der Waals surface area contributed by atoms with E-state index < -0.39 is 0 Å². The van der Waals surface area contributed by atoms with Crippen molar-refractivity contribution < 1.29 is 0 Å². The molecule has 3 nitrogen and oxygen atoms in total. The lowest BCUT2D eigenvalue weighted by atomic mass is 9.98. The molecule has 2 fully saturated rings. The van der Waals surface area contributed by atoms with Crippen molar-refractivity contribution in [3.8, 4) is 0 Å². The predicted octanol–water partition coefficient (Wildman–Crippen LogP) is 1.37. The van der Waals surface area contributed by atoms with Crippen molar-refractivity contribution in [2.45, 2.75) is 31.1 Å². The van der Waals surface area contributed by atoms with Crippen molar-refractivity contribution in [3.05, 3.63) is 17.5 Å². The standard InChI is InChI=1S/C11H17N3/c1-14-11(9-4-5-12-6-9)10(7-13-14)8-2-3-8/h7-9,12H,2-6H2,1H3. The van der Waals surface area contributed by atoms with E-state index >= 15 is 0 Å². The van der Waals surface area contributed by atoms with Crippen LogP contribution in [0.5, 0.6) is 0 Å². The Morgan fingerprint density at radius 1 is 1.36 bits per heavy atom. The summed E-state index contributed by atoms with van der Waals surface area (Å²) in [4.78, 5) is 0. The molecule has 1 aromatic heterocycles. The molecule has 2 heterocycles. The van der Waals surface area contributed by atoms with Crippen LogP contribution in [0.3, 0.4) is 0 Å². The Balaban J connectivity index is 1.96. The molecule has 3 heteroatoms. The Labute approximate surface area is 84.5 Å². The zero-order valence-electron chi connectivity index (χ0n) is 8.66. The van der Waals surface area contributed by atoms with Crippen molar-refractivity contribution in [2.24, 2.45) is 7.05 Å². The summed E-state index contributed by atoms with van der Waals surface area (Å²) >= 11 is 0. The summed E-state index contributed by atoms with van der Waals surface area (Å²) in [6, 6.07) is 0. The fraction of sp³-hybridized carbons (Fsp3) is 0.727. The molecule has 0 aromatic carbocycles. The van der Waals surface area contributed by atoms with Crippen molar-refractivity contribution in [1.82, 2.24) is 15.1 Å². The highest BCUT2D eigenvalue weighted by Gasteiger charge is 2.31. The normalized spacial score (nSPS) is 27.1. The first-order valence-corrected chi connectivity index (χ1v) is 5.59. The largest absolute Gasteiger partial charge is 0.316 e. The third-order valence-electron chi connectivity index (χ3n) is 3.48. The summed E-state index contributed by atoms with van der Waals surface area (Å²) in [5, 5.41) is 7.84. The molecular weight excluding hydrogens is 174 g/mol. The van der Waals surface area contributed by atoms with Crippen LogP contribution in [0.4, 0.5) is 0 Å². The van der Waals surface area contributed by atoms with Gasteiger partial charge < -0.3 is 5.32 Å². The summed E-state index contributed by atoms with van der Waals surface area (Å²) in [6.45, 7) is 2.30. The molecule has 1 aliphatic heterocycles. The Morgan fingerprint density at radius 3 is 2.86 bits per heavy atom. The lowest BCUT2D eigenvalue weighted by Gasteiger charge is -2.11. The number of hydrogen-bond acceptors (Lipinski definition) is 2. The molecule has 1 unspecified atom stereocenters. The average molecular weight is 191 g/mol. The summed E-state index contributed by atoms with van der Waals surface area (Å²) in [7, 11) is 2.08. The van der Waals surface area contributed by atoms with Crippen LogP contribution in [0.25, 0.3) is 0 Å². The quantitative estimate of drug-likeness (QED) is 0.765. The second-order valence-corrected chi connectivity index (χ2v) is 4.57. The lowest BCUT2D eigenvalue weighted by molar-refractivity contribution is 0.631. The van der Waals surface area contributed by atoms with E-state index in [1.807, 2.05) is 0 Å². The second-order valence-electron chi connectivity index (χ2n) is 4.57.